The van der Waals surface area contributed by atoms with E-state index in [1.807, 2.05) is 30.3 Å². The highest BCUT2D eigenvalue weighted by molar-refractivity contribution is 7.52. The molecule has 2 aromatic carbocycles. The van der Waals surface area contributed by atoms with Crippen molar-refractivity contribution < 1.29 is 18.9 Å². The Labute approximate surface area is 134 Å². The van der Waals surface area contributed by atoms with Crippen LogP contribution in [0.25, 0.3) is 0 Å². The van der Waals surface area contributed by atoms with Crippen molar-refractivity contribution in [2.75, 3.05) is 12.8 Å². The topological polar surface area (TPSA) is 89.7 Å². The first-order valence-corrected chi connectivity index (χ1v) is 8.95. The zero-order valence-corrected chi connectivity index (χ0v) is 13.6. The van der Waals surface area contributed by atoms with Gasteiger partial charge in [0.25, 0.3) is 5.69 Å². The Bertz CT molecular complexity index is 702. The smallest absolute Gasteiger partial charge is 0.324 e. The number of hydrogen-bond acceptors (Lipinski definition) is 4. The molecule has 0 saturated heterocycles. The highest BCUT2D eigenvalue weighted by atomic mass is 31.2. The summed E-state index contributed by atoms with van der Waals surface area (Å²) in [6.07, 6.45) is -0.0807. The lowest BCUT2D eigenvalue weighted by Gasteiger charge is -2.21. The highest BCUT2D eigenvalue weighted by Crippen LogP contribution is 2.47. The molecule has 2 aromatic rings. The average Bonchev–Trinajstić information content (AvgIpc) is 2.53. The molecule has 0 aliphatic rings. The number of rotatable bonds is 7. The van der Waals surface area contributed by atoms with Gasteiger partial charge in [-0.05, 0) is 18.1 Å². The third-order valence-electron chi connectivity index (χ3n) is 3.45. The minimum atomic E-state index is -3.74. The summed E-state index contributed by atoms with van der Waals surface area (Å²) in [5.74, 6) is -0.376. The van der Waals surface area contributed by atoms with Gasteiger partial charge in [-0.3, -0.25) is 14.7 Å². The molecule has 0 aliphatic carbocycles. The molecule has 23 heavy (non-hydrogen) atoms. The standard InChI is InChI=1S/C16H18NO5P/c1-2-22-23(20,21)12-16(13-6-4-3-5-7-13)14-8-10-15(11-9-14)17(18)19/h3-11,16H,2,12H2,1H3,(H,20,21). The second kappa shape index (κ2) is 7.51. The van der Waals surface area contributed by atoms with E-state index in [4.69, 9.17) is 4.52 Å². The minimum Gasteiger partial charge on any atom is -0.324 e. The van der Waals surface area contributed by atoms with E-state index in [0.717, 1.165) is 11.1 Å². The van der Waals surface area contributed by atoms with E-state index in [1.165, 1.54) is 12.1 Å². The van der Waals surface area contributed by atoms with E-state index in [1.54, 1.807) is 19.1 Å². The molecule has 0 amide bonds. The number of nitrogens with zero attached hydrogens (tertiary/aromatic N) is 1. The molecule has 2 unspecified atom stereocenters. The zero-order chi connectivity index (χ0) is 16.9. The summed E-state index contributed by atoms with van der Waals surface area (Å²) in [7, 11) is -3.74. The minimum absolute atomic E-state index is 0.0162. The molecule has 1 N–H and O–H groups in total. The van der Waals surface area contributed by atoms with Crippen molar-refractivity contribution in [2.24, 2.45) is 0 Å². The molecule has 2 rings (SSSR count). The molecule has 6 nitrogen and oxygen atoms in total. The van der Waals surface area contributed by atoms with E-state index in [9.17, 15) is 19.6 Å². The van der Waals surface area contributed by atoms with Crippen LogP contribution in [0.15, 0.2) is 54.6 Å². The predicted molar refractivity (Wildman–Crippen MR) is 87.7 cm³/mol. The van der Waals surface area contributed by atoms with Crippen LogP contribution in [-0.4, -0.2) is 22.6 Å². The largest absolute Gasteiger partial charge is 0.329 e. The molecule has 0 heterocycles. The summed E-state index contributed by atoms with van der Waals surface area (Å²) in [6.45, 7) is 1.81. The predicted octanol–water partition coefficient (Wildman–Crippen LogP) is 3.95. The van der Waals surface area contributed by atoms with Crippen LogP contribution in [0.5, 0.6) is 0 Å². The van der Waals surface area contributed by atoms with Gasteiger partial charge in [0.15, 0.2) is 0 Å². The molecule has 122 valence electrons. The van der Waals surface area contributed by atoms with Gasteiger partial charge in [0.2, 0.25) is 0 Å². The fourth-order valence-electron chi connectivity index (χ4n) is 2.40. The maximum atomic E-state index is 12.2. The van der Waals surface area contributed by atoms with E-state index >= 15 is 0 Å². The summed E-state index contributed by atoms with van der Waals surface area (Å²) >= 11 is 0. The third-order valence-corrected chi connectivity index (χ3v) is 4.94. The lowest BCUT2D eigenvalue weighted by atomic mass is 9.93. The zero-order valence-electron chi connectivity index (χ0n) is 12.7. The number of hydrogen-bond donors (Lipinski definition) is 1. The molecule has 0 saturated carbocycles. The van der Waals surface area contributed by atoms with Crippen LogP contribution >= 0.6 is 7.60 Å². The Balaban J connectivity index is 2.37. The Morgan fingerprint density at radius 1 is 1.13 bits per heavy atom. The van der Waals surface area contributed by atoms with Gasteiger partial charge in [-0.15, -0.1) is 0 Å². The van der Waals surface area contributed by atoms with Crippen molar-refractivity contribution in [1.29, 1.82) is 0 Å². The van der Waals surface area contributed by atoms with Crippen LogP contribution in [-0.2, 0) is 9.09 Å². The van der Waals surface area contributed by atoms with Gasteiger partial charge in [-0.1, -0.05) is 42.5 Å². The quantitative estimate of drug-likeness (QED) is 0.470. The first-order valence-electron chi connectivity index (χ1n) is 7.18. The molecule has 0 fully saturated rings. The van der Waals surface area contributed by atoms with Gasteiger partial charge in [-0.2, -0.15) is 0 Å². The summed E-state index contributed by atoms with van der Waals surface area (Å²) in [5, 5.41) is 10.8. The Kier molecular flexibility index (Phi) is 5.66. The molecule has 2 atom stereocenters. The van der Waals surface area contributed by atoms with E-state index < -0.39 is 12.5 Å². The molecule has 0 aliphatic heterocycles. The third kappa shape index (κ3) is 4.73. The summed E-state index contributed by atoms with van der Waals surface area (Å²) < 4.78 is 17.1. The Morgan fingerprint density at radius 2 is 1.70 bits per heavy atom. The van der Waals surface area contributed by atoms with Crippen LogP contribution in [0.4, 0.5) is 5.69 Å². The molecule has 0 bridgehead atoms. The lowest BCUT2D eigenvalue weighted by Crippen LogP contribution is -2.09. The molecule has 0 spiro atoms. The SMILES string of the molecule is CCOP(=O)(O)CC(c1ccccc1)c1ccc([N+](=O)[O-])cc1. The fraction of sp³-hybridized carbons (Fsp3) is 0.250. The van der Waals surface area contributed by atoms with Gasteiger partial charge >= 0.3 is 7.60 Å². The van der Waals surface area contributed by atoms with Gasteiger partial charge in [0.05, 0.1) is 17.7 Å². The number of nitro groups is 1. The van der Waals surface area contributed by atoms with Crippen molar-refractivity contribution in [3.63, 3.8) is 0 Å². The van der Waals surface area contributed by atoms with E-state index in [2.05, 4.69) is 0 Å². The van der Waals surface area contributed by atoms with Crippen molar-refractivity contribution in [2.45, 2.75) is 12.8 Å². The van der Waals surface area contributed by atoms with Crippen molar-refractivity contribution in [1.82, 2.24) is 0 Å². The monoisotopic (exact) mass is 335 g/mol. The van der Waals surface area contributed by atoms with Crippen LogP contribution in [0.1, 0.15) is 24.0 Å². The number of nitro benzene ring substituents is 1. The van der Waals surface area contributed by atoms with E-state index in [0.29, 0.717) is 0 Å². The second-order valence-corrected chi connectivity index (χ2v) is 6.95. The number of benzene rings is 2. The fourth-order valence-corrected chi connectivity index (χ4v) is 3.79. The van der Waals surface area contributed by atoms with Crippen LogP contribution < -0.4 is 0 Å². The van der Waals surface area contributed by atoms with Crippen LogP contribution in [0.3, 0.4) is 0 Å². The molecular weight excluding hydrogens is 317 g/mol. The van der Waals surface area contributed by atoms with Crippen molar-refractivity contribution in [3.8, 4) is 0 Å². The van der Waals surface area contributed by atoms with Crippen molar-refractivity contribution in [3.05, 3.63) is 75.8 Å². The first kappa shape index (κ1) is 17.3. The number of non-ortho nitro benzene ring substituents is 1. The van der Waals surface area contributed by atoms with Gasteiger partial charge in [-0.25, -0.2) is 0 Å². The maximum Gasteiger partial charge on any atom is 0.329 e. The molecule has 7 heteroatoms. The highest BCUT2D eigenvalue weighted by Gasteiger charge is 2.27. The summed E-state index contributed by atoms with van der Waals surface area (Å²) in [4.78, 5) is 20.3. The first-order chi connectivity index (χ1) is 10.9. The van der Waals surface area contributed by atoms with Gasteiger partial charge in [0, 0.05) is 18.1 Å². The lowest BCUT2D eigenvalue weighted by molar-refractivity contribution is -0.384. The Morgan fingerprint density at radius 3 is 2.22 bits per heavy atom. The molecule has 0 radical (unpaired) electrons. The molecule has 0 aromatic heterocycles. The van der Waals surface area contributed by atoms with Crippen LogP contribution in [0, 0.1) is 10.1 Å². The average molecular weight is 335 g/mol. The normalized spacial score (nSPS) is 14.9. The molecular formula is C16H18NO5P. The van der Waals surface area contributed by atoms with Gasteiger partial charge in [0.1, 0.15) is 0 Å². The van der Waals surface area contributed by atoms with Gasteiger partial charge < -0.3 is 9.42 Å². The maximum absolute atomic E-state index is 12.2. The van der Waals surface area contributed by atoms with Crippen molar-refractivity contribution >= 4 is 13.3 Å². The van der Waals surface area contributed by atoms with E-state index in [-0.39, 0.29) is 24.4 Å². The van der Waals surface area contributed by atoms with Crippen LogP contribution in [0.2, 0.25) is 0 Å². The summed E-state index contributed by atoms with van der Waals surface area (Å²) in [5.41, 5.74) is 1.57. The summed E-state index contributed by atoms with van der Waals surface area (Å²) in [6, 6.07) is 15.3. The Hall–Kier alpha value is -2.01. The second-order valence-electron chi connectivity index (χ2n) is 5.05.